The highest BCUT2D eigenvalue weighted by Gasteiger charge is 2.07. The summed E-state index contributed by atoms with van der Waals surface area (Å²) in [6.45, 7) is 4.52. The summed E-state index contributed by atoms with van der Waals surface area (Å²) < 4.78 is 5.08. The molecule has 1 amide bonds. The Hall–Kier alpha value is -2.20. The molecule has 0 radical (unpaired) electrons. The van der Waals surface area contributed by atoms with E-state index in [-0.39, 0.29) is 5.91 Å². The van der Waals surface area contributed by atoms with E-state index >= 15 is 0 Å². The van der Waals surface area contributed by atoms with Gasteiger partial charge in [-0.3, -0.25) is 4.79 Å². The van der Waals surface area contributed by atoms with E-state index < -0.39 is 0 Å². The lowest BCUT2D eigenvalue weighted by Crippen LogP contribution is -2.16. The van der Waals surface area contributed by atoms with Crippen LogP contribution in [0.4, 0.5) is 11.4 Å². The fourth-order valence-electron chi connectivity index (χ4n) is 2.34. The highest BCUT2D eigenvalue weighted by atomic mass is 35.5. The van der Waals surface area contributed by atoms with E-state index in [2.05, 4.69) is 16.7 Å². The molecule has 2 N–H and O–H groups in total. The Morgan fingerprint density at radius 2 is 1.87 bits per heavy atom. The summed E-state index contributed by atoms with van der Waals surface area (Å²) in [4.78, 5) is 12.0. The van der Waals surface area contributed by atoms with E-state index in [1.54, 1.807) is 7.11 Å². The van der Waals surface area contributed by atoms with Gasteiger partial charge in [0, 0.05) is 18.7 Å². The van der Waals surface area contributed by atoms with Gasteiger partial charge in [-0.2, -0.15) is 0 Å². The van der Waals surface area contributed by atoms with Crippen molar-refractivity contribution in [2.24, 2.45) is 0 Å². The first-order valence-corrected chi connectivity index (χ1v) is 7.82. The number of ether oxygens (including phenoxy) is 1. The molecule has 0 unspecified atom stereocenters. The molecule has 0 aliphatic heterocycles. The maximum atomic E-state index is 12.0. The second-order valence-electron chi connectivity index (χ2n) is 5.39. The number of nitrogens with one attached hydrogen (secondary N) is 2. The van der Waals surface area contributed by atoms with Crippen molar-refractivity contribution in [3.8, 4) is 5.75 Å². The quantitative estimate of drug-likeness (QED) is 0.824. The van der Waals surface area contributed by atoms with Gasteiger partial charge >= 0.3 is 0 Å². The molecule has 2 aromatic rings. The van der Waals surface area contributed by atoms with E-state index in [4.69, 9.17) is 16.3 Å². The SMILES string of the molecule is COc1ccc(NC(=O)CCNc2c(C)cc(C)cc2Cl)cc1. The lowest BCUT2D eigenvalue weighted by atomic mass is 10.1. The molecule has 0 heterocycles. The lowest BCUT2D eigenvalue weighted by Gasteiger charge is -2.12. The van der Waals surface area contributed by atoms with E-state index in [9.17, 15) is 4.79 Å². The second kappa shape index (κ2) is 7.88. The van der Waals surface area contributed by atoms with Crippen LogP contribution < -0.4 is 15.4 Å². The Morgan fingerprint density at radius 1 is 1.17 bits per heavy atom. The van der Waals surface area contributed by atoms with Crippen LogP contribution in [0.1, 0.15) is 17.5 Å². The van der Waals surface area contributed by atoms with Crippen molar-refractivity contribution in [2.45, 2.75) is 20.3 Å². The van der Waals surface area contributed by atoms with Gasteiger partial charge < -0.3 is 15.4 Å². The van der Waals surface area contributed by atoms with Crippen LogP contribution in [-0.4, -0.2) is 19.6 Å². The average Bonchev–Trinajstić information content (AvgIpc) is 2.50. The molecule has 0 bridgehead atoms. The highest BCUT2D eigenvalue weighted by molar-refractivity contribution is 6.33. The van der Waals surface area contributed by atoms with Crippen LogP contribution in [0, 0.1) is 13.8 Å². The number of methoxy groups -OCH3 is 1. The average molecular weight is 333 g/mol. The molecular weight excluding hydrogens is 312 g/mol. The van der Waals surface area contributed by atoms with Gasteiger partial charge in [0.2, 0.25) is 5.91 Å². The van der Waals surface area contributed by atoms with Crippen molar-refractivity contribution >= 4 is 28.9 Å². The number of hydrogen-bond donors (Lipinski definition) is 2. The molecule has 0 saturated heterocycles. The summed E-state index contributed by atoms with van der Waals surface area (Å²) in [7, 11) is 1.61. The van der Waals surface area contributed by atoms with Gasteiger partial charge in [-0.05, 0) is 55.3 Å². The minimum Gasteiger partial charge on any atom is -0.497 e. The van der Waals surface area contributed by atoms with Crippen LogP contribution in [0.15, 0.2) is 36.4 Å². The summed E-state index contributed by atoms with van der Waals surface area (Å²) in [6, 6.07) is 11.2. The molecule has 0 saturated carbocycles. The summed E-state index contributed by atoms with van der Waals surface area (Å²) in [5.74, 6) is 0.706. The van der Waals surface area contributed by atoms with Crippen LogP contribution in [0.5, 0.6) is 5.75 Å². The van der Waals surface area contributed by atoms with Crippen molar-refractivity contribution in [3.05, 3.63) is 52.5 Å². The highest BCUT2D eigenvalue weighted by Crippen LogP contribution is 2.27. The maximum absolute atomic E-state index is 12.0. The van der Waals surface area contributed by atoms with Gasteiger partial charge in [0.05, 0.1) is 17.8 Å². The molecule has 0 fully saturated rings. The Labute approximate surface area is 141 Å². The second-order valence-corrected chi connectivity index (χ2v) is 5.80. The topological polar surface area (TPSA) is 50.4 Å². The van der Waals surface area contributed by atoms with Crippen molar-refractivity contribution in [1.82, 2.24) is 0 Å². The Kier molecular flexibility index (Phi) is 5.88. The number of carbonyl (C=O) groups is 1. The first kappa shape index (κ1) is 17.2. The molecular formula is C18H21ClN2O2. The molecule has 0 spiro atoms. The van der Waals surface area contributed by atoms with E-state index in [1.807, 2.05) is 44.2 Å². The molecule has 2 rings (SSSR count). The molecule has 0 aliphatic carbocycles. The summed E-state index contributed by atoms with van der Waals surface area (Å²) in [5, 5.41) is 6.76. The van der Waals surface area contributed by atoms with Crippen LogP contribution in [-0.2, 0) is 4.79 Å². The van der Waals surface area contributed by atoms with Gasteiger partial charge in [0.25, 0.3) is 0 Å². The van der Waals surface area contributed by atoms with Crippen LogP contribution >= 0.6 is 11.6 Å². The maximum Gasteiger partial charge on any atom is 0.226 e. The van der Waals surface area contributed by atoms with Crippen molar-refractivity contribution < 1.29 is 9.53 Å². The van der Waals surface area contributed by atoms with Crippen LogP contribution in [0.25, 0.3) is 0 Å². The van der Waals surface area contributed by atoms with Crippen molar-refractivity contribution in [2.75, 3.05) is 24.3 Å². The van der Waals surface area contributed by atoms with Crippen molar-refractivity contribution in [3.63, 3.8) is 0 Å². The number of benzene rings is 2. The van der Waals surface area contributed by atoms with Gasteiger partial charge in [0.1, 0.15) is 5.75 Å². The summed E-state index contributed by atoms with van der Waals surface area (Å²) in [5.41, 5.74) is 3.83. The molecule has 2 aromatic carbocycles. The standard InChI is InChI=1S/C18H21ClN2O2/c1-12-10-13(2)18(16(19)11-12)20-9-8-17(22)21-14-4-6-15(23-3)7-5-14/h4-7,10-11,20H,8-9H2,1-3H3,(H,21,22). The first-order chi connectivity index (χ1) is 11.0. The Balaban J connectivity index is 1.85. The van der Waals surface area contributed by atoms with Gasteiger partial charge in [-0.25, -0.2) is 0 Å². The third-order valence-electron chi connectivity index (χ3n) is 3.46. The monoisotopic (exact) mass is 332 g/mol. The third kappa shape index (κ3) is 4.89. The zero-order valence-corrected chi connectivity index (χ0v) is 14.3. The summed E-state index contributed by atoms with van der Waals surface area (Å²) >= 11 is 6.23. The summed E-state index contributed by atoms with van der Waals surface area (Å²) in [6.07, 6.45) is 0.357. The predicted octanol–water partition coefficient (Wildman–Crippen LogP) is 4.41. The molecule has 5 heteroatoms. The zero-order chi connectivity index (χ0) is 16.8. The van der Waals surface area contributed by atoms with Gasteiger partial charge in [0.15, 0.2) is 0 Å². The molecule has 0 aliphatic rings. The van der Waals surface area contributed by atoms with Crippen LogP contribution in [0.3, 0.4) is 0 Å². The molecule has 0 aromatic heterocycles. The fourth-order valence-corrected chi connectivity index (χ4v) is 2.73. The zero-order valence-electron chi connectivity index (χ0n) is 13.6. The number of hydrogen-bond acceptors (Lipinski definition) is 3. The number of anilines is 2. The largest absolute Gasteiger partial charge is 0.497 e. The predicted molar refractivity (Wildman–Crippen MR) is 95.7 cm³/mol. The van der Waals surface area contributed by atoms with Gasteiger partial charge in [-0.15, -0.1) is 0 Å². The fraction of sp³-hybridized carbons (Fsp3) is 0.278. The number of aryl methyl sites for hydroxylation is 2. The van der Waals surface area contributed by atoms with Gasteiger partial charge in [-0.1, -0.05) is 17.7 Å². The van der Waals surface area contributed by atoms with E-state index in [0.717, 1.165) is 28.3 Å². The molecule has 0 atom stereocenters. The number of rotatable bonds is 6. The molecule has 23 heavy (non-hydrogen) atoms. The van der Waals surface area contributed by atoms with E-state index in [0.29, 0.717) is 18.0 Å². The third-order valence-corrected chi connectivity index (χ3v) is 3.76. The molecule has 4 nitrogen and oxygen atoms in total. The molecule has 122 valence electrons. The van der Waals surface area contributed by atoms with Crippen LogP contribution in [0.2, 0.25) is 5.02 Å². The van der Waals surface area contributed by atoms with E-state index in [1.165, 1.54) is 0 Å². The minimum absolute atomic E-state index is 0.0523. The Bertz CT molecular complexity index is 661. The number of amides is 1. The Morgan fingerprint density at radius 3 is 2.48 bits per heavy atom. The minimum atomic E-state index is -0.0523. The first-order valence-electron chi connectivity index (χ1n) is 7.44. The number of halogens is 1. The lowest BCUT2D eigenvalue weighted by molar-refractivity contribution is -0.115. The smallest absolute Gasteiger partial charge is 0.226 e. The normalized spacial score (nSPS) is 10.3. The number of carbonyl (C=O) groups excluding carboxylic acids is 1. The van der Waals surface area contributed by atoms with Crippen molar-refractivity contribution in [1.29, 1.82) is 0 Å².